The Balaban J connectivity index is 2.22. The predicted octanol–water partition coefficient (Wildman–Crippen LogP) is 4.47. The van der Waals surface area contributed by atoms with Crippen LogP contribution in [0.1, 0.15) is 18.7 Å². The maximum absolute atomic E-state index is 5.44. The molecule has 3 rings (SSSR count). The van der Waals surface area contributed by atoms with Gasteiger partial charge in [-0.3, -0.25) is 4.98 Å². The summed E-state index contributed by atoms with van der Waals surface area (Å²) in [6.07, 6.45) is 1.81. The van der Waals surface area contributed by atoms with E-state index in [0.717, 1.165) is 21.2 Å². The maximum atomic E-state index is 5.44. The number of H-pyrrole nitrogens is 1. The Labute approximate surface area is 124 Å². The first kappa shape index (κ1) is 12.6. The summed E-state index contributed by atoms with van der Waals surface area (Å²) in [6.45, 7) is 2.10. The van der Waals surface area contributed by atoms with E-state index >= 15 is 0 Å². The third-order valence-corrected chi connectivity index (χ3v) is 3.97. The van der Waals surface area contributed by atoms with Crippen molar-refractivity contribution in [1.82, 2.24) is 14.5 Å². The van der Waals surface area contributed by atoms with E-state index in [-0.39, 0.29) is 6.04 Å². The third-order valence-electron chi connectivity index (χ3n) is 3.18. The van der Waals surface area contributed by atoms with Crippen molar-refractivity contribution in [3.05, 3.63) is 57.5 Å². The largest absolute Gasteiger partial charge is 0.331 e. The molecular formula is C14H12BrN3S. The molecule has 0 saturated carbocycles. The highest BCUT2D eigenvalue weighted by atomic mass is 79.9. The van der Waals surface area contributed by atoms with Crippen LogP contribution in [-0.4, -0.2) is 14.5 Å². The van der Waals surface area contributed by atoms with Gasteiger partial charge in [-0.15, -0.1) is 0 Å². The normalized spacial score (nSPS) is 12.7. The smallest absolute Gasteiger partial charge is 0.178 e. The fourth-order valence-corrected chi connectivity index (χ4v) is 2.95. The van der Waals surface area contributed by atoms with Crippen LogP contribution in [0, 0.1) is 4.77 Å². The monoisotopic (exact) mass is 333 g/mol. The number of imidazole rings is 1. The minimum absolute atomic E-state index is 0.0942. The summed E-state index contributed by atoms with van der Waals surface area (Å²) in [4.78, 5) is 7.65. The Morgan fingerprint density at radius 2 is 2.16 bits per heavy atom. The predicted molar refractivity (Wildman–Crippen MR) is 82.9 cm³/mol. The van der Waals surface area contributed by atoms with Gasteiger partial charge in [-0.2, -0.15) is 0 Å². The van der Waals surface area contributed by atoms with Crippen molar-refractivity contribution in [3.63, 3.8) is 0 Å². The van der Waals surface area contributed by atoms with Crippen LogP contribution in [-0.2, 0) is 0 Å². The molecule has 0 aliphatic carbocycles. The molecule has 5 heteroatoms. The molecule has 0 saturated heterocycles. The summed E-state index contributed by atoms with van der Waals surface area (Å²) in [6, 6.07) is 12.1. The number of rotatable bonds is 2. The number of aromatic nitrogens is 3. The second-order valence-corrected chi connectivity index (χ2v) is 5.69. The average molecular weight is 334 g/mol. The van der Waals surface area contributed by atoms with Gasteiger partial charge in [0.05, 0.1) is 22.8 Å². The molecule has 0 radical (unpaired) electrons. The zero-order valence-electron chi connectivity index (χ0n) is 10.3. The molecule has 96 valence electrons. The molecule has 0 bridgehead atoms. The lowest BCUT2D eigenvalue weighted by Gasteiger charge is -2.14. The molecule has 0 aliphatic heterocycles. The molecule has 1 aromatic carbocycles. The first-order valence-corrected chi connectivity index (χ1v) is 7.17. The van der Waals surface area contributed by atoms with Crippen molar-refractivity contribution in [2.75, 3.05) is 0 Å². The number of hydrogen-bond acceptors (Lipinski definition) is 2. The van der Waals surface area contributed by atoms with Gasteiger partial charge in [-0.05, 0) is 49.5 Å². The number of benzene rings is 1. The minimum atomic E-state index is 0.0942. The van der Waals surface area contributed by atoms with E-state index in [0.29, 0.717) is 4.77 Å². The van der Waals surface area contributed by atoms with Gasteiger partial charge in [-0.25, -0.2) is 0 Å². The summed E-state index contributed by atoms with van der Waals surface area (Å²) in [5, 5.41) is 0. The second kappa shape index (κ2) is 4.90. The number of nitrogens with zero attached hydrogens (tertiary/aromatic N) is 2. The molecule has 2 heterocycles. The number of pyridine rings is 1. The van der Waals surface area contributed by atoms with E-state index in [1.165, 1.54) is 0 Å². The summed E-state index contributed by atoms with van der Waals surface area (Å²) in [5.74, 6) is 0. The zero-order chi connectivity index (χ0) is 13.4. The molecule has 1 atom stereocenters. The van der Waals surface area contributed by atoms with Crippen LogP contribution in [0.15, 0.2) is 47.1 Å². The lowest BCUT2D eigenvalue weighted by molar-refractivity contribution is 0.630. The van der Waals surface area contributed by atoms with Gasteiger partial charge in [-0.1, -0.05) is 22.0 Å². The Morgan fingerprint density at radius 3 is 2.89 bits per heavy atom. The number of aromatic amines is 1. The van der Waals surface area contributed by atoms with Crippen LogP contribution >= 0.6 is 28.1 Å². The number of hydrogen-bond donors (Lipinski definition) is 1. The minimum Gasteiger partial charge on any atom is -0.331 e. The topological polar surface area (TPSA) is 33.6 Å². The van der Waals surface area contributed by atoms with E-state index in [1.54, 1.807) is 6.20 Å². The van der Waals surface area contributed by atoms with Crippen LogP contribution in [0.4, 0.5) is 0 Å². The molecule has 0 amide bonds. The quantitative estimate of drug-likeness (QED) is 0.702. The van der Waals surface area contributed by atoms with Gasteiger partial charge in [0, 0.05) is 10.7 Å². The lowest BCUT2D eigenvalue weighted by Crippen LogP contribution is -2.08. The summed E-state index contributed by atoms with van der Waals surface area (Å²) in [5.41, 5.74) is 3.12. The first-order valence-electron chi connectivity index (χ1n) is 5.97. The highest BCUT2D eigenvalue weighted by Gasteiger charge is 2.14. The molecular weight excluding hydrogens is 322 g/mol. The Bertz CT molecular complexity index is 776. The second-order valence-electron chi connectivity index (χ2n) is 4.39. The number of halogens is 1. The summed E-state index contributed by atoms with van der Waals surface area (Å²) >= 11 is 8.94. The molecule has 19 heavy (non-hydrogen) atoms. The summed E-state index contributed by atoms with van der Waals surface area (Å²) < 4.78 is 3.85. The lowest BCUT2D eigenvalue weighted by atomic mass is 10.2. The van der Waals surface area contributed by atoms with Crippen LogP contribution in [0.5, 0.6) is 0 Å². The van der Waals surface area contributed by atoms with Gasteiger partial charge in [0.25, 0.3) is 0 Å². The highest BCUT2D eigenvalue weighted by Crippen LogP contribution is 2.25. The molecule has 1 unspecified atom stereocenters. The Kier molecular flexibility index (Phi) is 3.24. The van der Waals surface area contributed by atoms with E-state index in [9.17, 15) is 0 Å². The Morgan fingerprint density at radius 1 is 1.32 bits per heavy atom. The maximum Gasteiger partial charge on any atom is 0.178 e. The fraction of sp³-hybridized carbons (Fsp3) is 0.143. The van der Waals surface area contributed by atoms with Crippen molar-refractivity contribution in [3.8, 4) is 0 Å². The summed E-state index contributed by atoms with van der Waals surface area (Å²) in [7, 11) is 0. The molecule has 0 aliphatic rings. The first-order chi connectivity index (χ1) is 9.16. The van der Waals surface area contributed by atoms with Gasteiger partial charge in [0.15, 0.2) is 4.77 Å². The number of nitrogens with one attached hydrogen (secondary N) is 1. The van der Waals surface area contributed by atoms with E-state index < -0.39 is 0 Å². The van der Waals surface area contributed by atoms with Crippen molar-refractivity contribution in [1.29, 1.82) is 0 Å². The van der Waals surface area contributed by atoms with E-state index in [2.05, 4.69) is 43.5 Å². The van der Waals surface area contributed by atoms with E-state index in [4.69, 9.17) is 12.2 Å². The standard InChI is InChI=1S/C14H12BrN3S/c1-9(11-4-2-3-7-16-11)18-13-8-10(15)5-6-12(13)17-14(18)19/h2-9H,1H3,(H,17,19). The highest BCUT2D eigenvalue weighted by molar-refractivity contribution is 9.10. The van der Waals surface area contributed by atoms with Crippen molar-refractivity contribution < 1.29 is 0 Å². The van der Waals surface area contributed by atoms with Crippen molar-refractivity contribution in [2.45, 2.75) is 13.0 Å². The molecule has 2 aromatic heterocycles. The molecule has 1 N–H and O–H groups in total. The Hall–Kier alpha value is -1.46. The van der Waals surface area contributed by atoms with Crippen molar-refractivity contribution >= 4 is 39.2 Å². The van der Waals surface area contributed by atoms with Gasteiger partial charge in [0.1, 0.15) is 0 Å². The van der Waals surface area contributed by atoms with Crippen LogP contribution < -0.4 is 0 Å². The van der Waals surface area contributed by atoms with Gasteiger partial charge >= 0.3 is 0 Å². The molecule has 0 fully saturated rings. The van der Waals surface area contributed by atoms with E-state index in [1.807, 2.05) is 30.3 Å². The molecule has 3 aromatic rings. The van der Waals surface area contributed by atoms with Crippen molar-refractivity contribution in [2.24, 2.45) is 0 Å². The average Bonchev–Trinajstić information content (AvgIpc) is 2.74. The van der Waals surface area contributed by atoms with Crippen LogP contribution in [0.3, 0.4) is 0 Å². The zero-order valence-corrected chi connectivity index (χ0v) is 12.7. The SMILES string of the molecule is CC(c1ccccn1)n1c(=S)[nH]c2ccc(Br)cc21. The number of fused-ring (bicyclic) bond motifs is 1. The molecule has 0 spiro atoms. The van der Waals surface area contributed by atoms with Gasteiger partial charge in [0.2, 0.25) is 0 Å². The third kappa shape index (κ3) is 2.24. The van der Waals surface area contributed by atoms with Crippen LogP contribution in [0.2, 0.25) is 0 Å². The molecule has 3 nitrogen and oxygen atoms in total. The van der Waals surface area contributed by atoms with Crippen LogP contribution in [0.25, 0.3) is 11.0 Å². The fourth-order valence-electron chi connectivity index (χ4n) is 2.23. The van der Waals surface area contributed by atoms with Gasteiger partial charge < -0.3 is 9.55 Å².